The molecule has 0 N–H and O–H groups in total. The summed E-state index contributed by atoms with van der Waals surface area (Å²) < 4.78 is 5.92. The van der Waals surface area contributed by atoms with Gasteiger partial charge in [0.15, 0.2) is 0 Å². The van der Waals surface area contributed by atoms with Crippen LogP contribution >= 0.6 is 0 Å². The third-order valence-corrected chi connectivity index (χ3v) is 4.60. The Morgan fingerprint density at radius 2 is 1.94 bits per heavy atom. The van der Waals surface area contributed by atoms with Crippen molar-refractivity contribution in [3.8, 4) is 0 Å². The molecule has 0 spiro atoms. The molecule has 0 fully saturated rings. The molecule has 1 aromatic rings. The van der Waals surface area contributed by atoms with Gasteiger partial charge < -0.3 is 0 Å². The summed E-state index contributed by atoms with van der Waals surface area (Å²) in [5.74, 6) is -0.527. The Labute approximate surface area is 101 Å². The predicted molar refractivity (Wildman–Crippen MR) is 62.9 cm³/mol. The molecule has 1 atom stereocenters. The number of rotatable bonds is 5. The average molecular weight is 285 g/mol. The van der Waals surface area contributed by atoms with Crippen molar-refractivity contribution in [3.05, 3.63) is 30.3 Å². The van der Waals surface area contributed by atoms with Gasteiger partial charge in [0.2, 0.25) is 0 Å². The molecule has 0 saturated heterocycles. The number of ether oxygens (including phenoxy) is 1. The molecule has 0 heterocycles. The zero-order chi connectivity index (χ0) is 12.0. The molecule has 86 valence electrons. The van der Waals surface area contributed by atoms with Crippen LogP contribution in [0.4, 0.5) is 0 Å². The summed E-state index contributed by atoms with van der Waals surface area (Å²) in [5.41, 5.74) is 0. The number of carbonyl (C=O) groups is 2. The van der Waals surface area contributed by atoms with Crippen LogP contribution in [0.25, 0.3) is 0 Å². The van der Waals surface area contributed by atoms with E-state index in [2.05, 4.69) is 0 Å². The number of ketones is 1. The zero-order valence-electron chi connectivity index (χ0n) is 9.30. The molecule has 0 bridgehead atoms. The fraction of sp³-hybridized carbons (Fsp3) is 0.333. The Morgan fingerprint density at radius 1 is 1.31 bits per heavy atom. The molecule has 1 rings (SSSR count). The van der Waals surface area contributed by atoms with Crippen molar-refractivity contribution in [1.29, 1.82) is 0 Å². The van der Waals surface area contributed by atoms with E-state index in [1.165, 1.54) is 6.92 Å². The van der Waals surface area contributed by atoms with Gasteiger partial charge >= 0.3 is 101 Å². The molecule has 3 nitrogen and oxygen atoms in total. The Balaban J connectivity index is 2.73. The molecule has 1 unspecified atom stereocenters. The van der Waals surface area contributed by atoms with E-state index in [0.29, 0.717) is 6.61 Å². The number of hydrogen-bond acceptors (Lipinski definition) is 3. The molecular weight excluding hydrogens is 271 g/mol. The van der Waals surface area contributed by atoms with E-state index in [1.54, 1.807) is 6.92 Å². The second-order valence-corrected chi connectivity index (χ2v) is 5.65. The molecule has 0 aliphatic heterocycles. The van der Waals surface area contributed by atoms with Gasteiger partial charge in [-0.15, -0.1) is 0 Å². The van der Waals surface area contributed by atoms with Crippen molar-refractivity contribution in [3.63, 3.8) is 0 Å². The van der Waals surface area contributed by atoms with Gasteiger partial charge in [-0.1, -0.05) is 0 Å². The second kappa shape index (κ2) is 6.46. The van der Waals surface area contributed by atoms with Gasteiger partial charge in [-0.2, -0.15) is 0 Å². The van der Waals surface area contributed by atoms with Gasteiger partial charge in [-0.05, 0) is 0 Å². The van der Waals surface area contributed by atoms with Crippen LogP contribution in [0.15, 0.2) is 30.3 Å². The summed E-state index contributed by atoms with van der Waals surface area (Å²) in [6, 6.07) is 9.57. The molecule has 0 amide bonds. The van der Waals surface area contributed by atoms with E-state index >= 15 is 0 Å². The van der Waals surface area contributed by atoms with Crippen molar-refractivity contribution < 1.29 is 14.3 Å². The van der Waals surface area contributed by atoms with Crippen LogP contribution < -0.4 is 4.46 Å². The summed E-state index contributed by atoms with van der Waals surface area (Å²) in [6.07, 6.45) is 0. The van der Waals surface area contributed by atoms with Crippen LogP contribution in [-0.2, 0) is 14.3 Å². The van der Waals surface area contributed by atoms with E-state index < -0.39 is 10.8 Å². The second-order valence-electron chi connectivity index (χ2n) is 3.17. The zero-order valence-corrected chi connectivity index (χ0v) is 11.0. The van der Waals surface area contributed by atoms with Crippen molar-refractivity contribution in [2.75, 3.05) is 6.61 Å². The Kier molecular flexibility index (Phi) is 5.23. The molecule has 0 aromatic heterocycles. The molecule has 0 radical (unpaired) electrons. The van der Waals surface area contributed by atoms with Gasteiger partial charge in [0.1, 0.15) is 0 Å². The first-order valence-corrected chi connectivity index (χ1v) is 6.88. The van der Waals surface area contributed by atoms with E-state index in [4.69, 9.17) is 4.74 Å². The Bertz CT molecular complexity index is 362. The van der Waals surface area contributed by atoms with Gasteiger partial charge in [0.25, 0.3) is 0 Å². The standard InChI is InChI=1S/C12H14O3Se/c1-3-15-12(14)11(9(2)13)16-10-7-5-4-6-8-10/h4-8,11H,3H2,1-2H3. The summed E-state index contributed by atoms with van der Waals surface area (Å²) in [7, 11) is 0. The van der Waals surface area contributed by atoms with Crippen molar-refractivity contribution in [1.82, 2.24) is 0 Å². The summed E-state index contributed by atoms with van der Waals surface area (Å²) in [4.78, 5) is 22.3. The van der Waals surface area contributed by atoms with Crippen LogP contribution in [0.2, 0.25) is 4.82 Å². The van der Waals surface area contributed by atoms with Crippen molar-refractivity contribution in [2.45, 2.75) is 18.7 Å². The van der Waals surface area contributed by atoms with E-state index in [1.807, 2.05) is 30.3 Å². The van der Waals surface area contributed by atoms with Gasteiger partial charge in [0.05, 0.1) is 0 Å². The molecule has 16 heavy (non-hydrogen) atoms. The first-order valence-electron chi connectivity index (χ1n) is 5.04. The van der Waals surface area contributed by atoms with Crippen LogP contribution in [-0.4, -0.2) is 33.3 Å². The fourth-order valence-electron chi connectivity index (χ4n) is 1.15. The van der Waals surface area contributed by atoms with Crippen LogP contribution in [0.3, 0.4) is 0 Å². The van der Waals surface area contributed by atoms with E-state index in [0.717, 1.165) is 4.46 Å². The number of esters is 1. The molecule has 4 heteroatoms. The maximum absolute atomic E-state index is 11.6. The first-order chi connectivity index (χ1) is 7.65. The van der Waals surface area contributed by atoms with E-state index in [-0.39, 0.29) is 20.7 Å². The molecule has 1 aromatic carbocycles. The van der Waals surface area contributed by atoms with Crippen molar-refractivity contribution in [2.24, 2.45) is 0 Å². The average Bonchev–Trinajstić information content (AvgIpc) is 2.27. The van der Waals surface area contributed by atoms with Crippen LogP contribution in [0.5, 0.6) is 0 Å². The first kappa shape index (κ1) is 12.9. The maximum atomic E-state index is 11.6. The molecule has 0 saturated carbocycles. The Hall–Kier alpha value is -1.12. The topological polar surface area (TPSA) is 43.4 Å². The third kappa shape index (κ3) is 3.80. The minimum atomic E-state index is -0.616. The number of Topliss-reactive ketones (excluding diaryl/α,β-unsaturated/α-hetero) is 1. The third-order valence-electron chi connectivity index (χ3n) is 1.87. The summed E-state index contributed by atoms with van der Waals surface area (Å²) in [6.45, 7) is 3.49. The normalized spacial score (nSPS) is 11.9. The van der Waals surface area contributed by atoms with Crippen LogP contribution in [0.1, 0.15) is 13.8 Å². The SMILES string of the molecule is CCOC(=O)C([Se]c1ccccc1)C(C)=O. The van der Waals surface area contributed by atoms with Gasteiger partial charge in [0, 0.05) is 0 Å². The monoisotopic (exact) mass is 286 g/mol. The fourth-order valence-corrected chi connectivity index (χ4v) is 3.07. The predicted octanol–water partition coefficient (Wildman–Crippen LogP) is 0.957. The number of carbonyl (C=O) groups excluding carboxylic acids is 2. The molecular formula is C12H14O3Se. The summed E-state index contributed by atoms with van der Waals surface area (Å²) >= 11 is -0.195. The number of benzene rings is 1. The quantitative estimate of drug-likeness (QED) is 0.460. The molecule has 0 aliphatic rings. The Morgan fingerprint density at radius 3 is 2.44 bits per heavy atom. The van der Waals surface area contributed by atoms with Gasteiger partial charge in [-0.25, -0.2) is 0 Å². The number of hydrogen-bond donors (Lipinski definition) is 0. The summed E-state index contributed by atoms with van der Waals surface area (Å²) in [5, 5.41) is 0. The van der Waals surface area contributed by atoms with Crippen molar-refractivity contribution >= 4 is 31.2 Å². The van der Waals surface area contributed by atoms with Gasteiger partial charge in [-0.3, -0.25) is 0 Å². The van der Waals surface area contributed by atoms with E-state index in [9.17, 15) is 9.59 Å². The van der Waals surface area contributed by atoms with Crippen LogP contribution in [0, 0.1) is 0 Å². The molecule has 0 aliphatic carbocycles. The minimum absolute atomic E-state index is 0.123.